The number of aliphatic hydroxyl groups is 1. The number of rotatable bonds is 14. The van der Waals surface area contributed by atoms with Crippen molar-refractivity contribution in [2.45, 2.75) is 109 Å². The van der Waals surface area contributed by atoms with Crippen molar-refractivity contribution in [1.82, 2.24) is 20.5 Å². The molecule has 5 atom stereocenters. The molecule has 2 unspecified atom stereocenters. The highest BCUT2D eigenvalue weighted by Gasteiger charge is 2.55. The number of carbonyl (C=O) groups excluding carboxylic acids is 4. The van der Waals surface area contributed by atoms with Gasteiger partial charge in [0.2, 0.25) is 5.91 Å². The fourth-order valence-corrected chi connectivity index (χ4v) is 6.78. The molecule has 1 saturated carbocycles. The predicted octanol–water partition coefficient (Wildman–Crippen LogP) is 4.57. The van der Waals surface area contributed by atoms with Gasteiger partial charge < -0.3 is 25.5 Å². The lowest BCUT2D eigenvalue weighted by Crippen LogP contribution is -2.58. The first-order chi connectivity index (χ1) is 22.9. The van der Waals surface area contributed by atoms with Crippen molar-refractivity contribution in [3.8, 4) is 0 Å². The zero-order valence-electron chi connectivity index (χ0n) is 28.5. The summed E-state index contributed by atoms with van der Waals surface area (Å²) < 4.78 is 0. The molecule has 1 aromatic heterocycles. The smallest absolute Gasteiger partial charge is 0.315 e. The number of amides is 3. The Morgan fingerprint density at radius 1 is 1.10 bits per heavy atom. The number of aliphatic hydroxyl groups excluding tert-OH is 1. The number of urea groups is 1. The van der Waals surface area contributed by atoms with E-state index >= 15 is 0 Å². The van der Waals surface area contributed by atoms with Crippen LogP contribution in [0.15, 0.2) is 60.0 Å². The van der Waals surface area contributed by atoms with Crippen LogP contribution in [-0.2, 0) is 25.8 Å². The molecule has 3 heterocycles. The van der Waals surface area contributed by atoms with Crippen LogP contribution >= 0.6 is 0 Å². The van der Waals surface area contributed by atoms with Crippen LogP contribution < -0.4 is 10.6 Å². The van der Waals surface area contributed by atoms with E-state index in [2.05, 4.69) is 20.8 Å². The molecule has 3 N–H and O–H groups in total. The van der Waals surface area contributed by atoms with Crippen LogP contribution in [0, 0.1) is 17.3 Å². The number of ketones is 2. The van der Waals surface area contributed by atoms with Gasteiger partial charge in [-0.25, -0.2) is 4.79 Å². The molecule has 1 aliphatic carbocycles. The minimum Gasteiger partial charge on any atom is -0.387 e. The molecule has 0 bridgehead atoms. The summed E-state index contributed by atoms with van der Waals surface area (Å²) in [6.07, 6.45) is 6.20. The van der Waals surface area contributed by atoms with Crippen molar-refractivity contribution in [1.29, 1.82) is 0 Å². The number of benzene rings is 1. The summed E-state index contributed by atoms with van der Waals surface area (Å²) in [7, 11) is 0. The van der Waals surface area contributed by atoms with Gasteiger partial charge in [0.15, 0.2) is 17.2 Å². The van der Waals surface area contributed by atoms with Crippen LogP contribution in [0.1, 0.15) is 90.2 Å². The van der Waals surface area contributed by atoms with E-state index in [4.69, 9.17) is 4.84 Å². The predicted molar refractivity (Wildman–Crippen MR) is 181 cm³/mol. The summed E-state index contributed by atoms with van der Waals surface area (Å²) in [6, 6.07) is 10.9. The van der Waals surface area contributed by atoms with Gasteiger partial charge in [0.25, 0.3) is 0 Å². The largest absolute Gasteiger partial charge is 0.387 e. The fraction of sp³-hybridized carbons (Fsp3) is 0.568. The Kier molecular flexibility index (Phi) is 11.0. The number of Topliss-reactive ketones (excluding diaryl/α,β-unsaturated/α-hetero) is 2. The maximum Gasteiger partial charge on any atom is 0.315 e. The van der Waals surface area contributed by atoms with E-state index in [1.807, 2.05) is 64.1 Å². The molecule has 11 nitrogen and oxygen atoms in total. The molecule has 48 heavy (non-hydrogen) atoms. The van der Waals surface area contributed by atoms with Gasteiger partial charge in [0, 0.05) is 44.6 Å². The number of oxime groups is 1. The average molecular weight is 660 g/mol. The number of hydrogen-bond acceptors (Lipinski definition) is 8. The number of likely N-dealkylation sites (tertiary alicyclic amines) is 1. The quantitative estimate of drug-likeness (QED) is 0.269. The molecule has 3 aliphatic rings. The van der Waals surface area contributed by atoms with E-state index in [0.29, 0.717) is 31.6 Å². The first-order valence-electron chi connectivity index (χ1n) is 17.2. The van der Waals surface area contributed by atoms with Crippen LogP contribution in [0.25, 0.3) is 0 Å². The first kappa shape index (κ1) is 35.2. The van der Waals surface area contributed by atoms with Gasteiger partial charge in [-0.3, -0.25) is 19.4 Å². The molecule has 1 saturated heterocycles. The van der Waals surface area contributed by atoms with E-state index < -0.39 is 47.1 Å². The topological polar surface area (TPSA) is 150 Å². The minimum absolute atomic E-state index is 0.0401. The molecule has 0 radical (unpaired) electrons. The Labute approximate surface area is 282 Å². The van der Waals surface area contributed by atoms with E-state index in [9.17, 15) is 24.3 Å². The highest BCUT2D eigenvalue weighted by atomic mass is 16.7. The highest BCUT2D eigenvalue weighted by Crippen LogP contribution is 2.41. The van der Waals surface area contributed by atoms with Gasteiger partial charge in [-0.15, -0.1) is 0 Å². The monoisotopic (exact) mass is 659 g/mol. The molecule has 5 rings (SSSR count). The molecule has 1 aromatic carbocycles. The Balaban J connectivity index is 1.37. The van der Waals surface area contributed by atoms with E-state index in [-0.39, 0.29) is 37.5 Å². The van der Waals surface area contributed by atoms with Crippen LogP contribution in [0.5, 0.6) is 0 Å². The molecule has 2 aliphatic heterocycles. The lowest BCUT2D eigenvalue weighted by molar-refractivity contribution is -0.142. The number of nitrogens with zero attached hydrogens (tertiary/aromatic N) is 3. The standard InChI is InChI=1S/C37H49N5O6/c1-5-10-27(32(45)31(44)17-24-14-15-24)18-30(43)29-20-37(19-28(41-48-37)26-12-7-6-8-13-26)23-42(29)34(46)33(36(2,3)4)40-35(47)39-22-25-11-9-16-38-21-25/h6-9,11-13,16,21,24,27,29,32-33,45H,5,10,14-15,17-20,22-23H2,1-4H3,(H2,39,40,47)/t27-,29+,32?,33-,37?/m1/s1. The second-order valence-corrected chi connectivity index (χ2v) is 14.8. The molecule has 2 fully saturated rings. The summed E-state index contributed by atoms with van der Waals surface area (Å²) in [5, 5.41) is 21.1. The minimum atomic E-state index is -1.22. The number of hydrogen-bond donors (Lipinski definition) is 3. The maximum atomic E-state index is 14.5. The molecule has 1 spiro atoms. The van der Waals surface area contributed by atoms with E-state index in [1.165, 1.54) is 4.90 Å². The normalized spacial score (nSPS) is 22.4. The Hall–Kier alpha value is -4.12. The van der Waals surface area contributed by atoms with Crippen LogP contribution in [-0.4, -0.2) is 74.5 Å². The second kappa shape index (κ2) is 15.0. The van der Waals surface area contributed by atoms with Gasteiger partial charge in [-0.1, -0.05) is 75.7 Å². The third-order valence-corrected chi connectivity index (χ3v) is 9.65. The van der Waals surface area contributed by atoms with Crippen molar-refractivity contribution in [3.63, 3.8) is 0 Å². The Morgan fingerprint density at radius 3 is 2.50 bits per heavy atom. The first-order valence-corrected chi connectivity index (χ1v) is 17.2. The van der Waals surface area contributed by atoms with Crippen molar-refractivity contribution in [2.24, 2.45) is 22.4 Å². The van der Waals surface area contributed by atoms with Gasteiger partial charge in [0.05, 0.1) is 18.3 Å². The molecule has 2 aromatic rings. The van der Waals surface area contributed by atoms with Crippen molar-refractivity contribution in [2.75, 3.05) is 6.54 Å². The average Bonchev–Trinajstić information content (AvgIpc) is 3.66. The van der Waals surface area contributed by atoms with Gasteiger partial charge >= 0.3 is 6.03 Å². The number of aromatic nitrogens is 1. The van der Waals surface area contributed by atoms with Crippen LogP contribution in [0.2, 0.25) is 0 Å². The van der Waals surface area contributed by atoms with Gasteiger partial charge in [0.1, 0.15) is 12.1 Å². The summed E-state index contributed by atoms with van der Waals surface area (Å²) in [5.74, 6) is -1.06. The highest BCUT2D eigenvalue weighted by molar-refractivity contribution is 6.02. The molecule has 11 heteroatoms. The molecular formula is C37H49N5O6. The zero-order valence-corrected chi connectivity index (χ0v) is 28.5. The zero-order chi connectivity index (χ0) is 34.5. The molecule has 258 valence electrons. The summed E-state index contributed by atoms with van der Waals surface area (Å²) in [6.45, 7) is 7.88. The Bertz CT molecular complexity index is 1490. The number of nitrogens with one attached hydrogen (secondary N) is 2. The Morgan fingerprint density at radius 2 is 1.85 bits per heavy atom. The van der Waals surface area contributed by atoms with E-state index in [1.54, 1.807) is 18.5 Å². The van der Waals surface area contributed by atoms with Crippen molar-refractivity contribution in [3.05, 3.63) is 66.0 Å². The summed E-state index contributed by atoms with van der Waals surface area (Å²) in [4.78, 5) is 66.5. The van der Waals surface area contributed by atoms with Crippen LogP contribution in [0.4, 0.5) is 4.79 Å². The number of carbonyl (C=O) groups is 4. The lowest BCUT2D eigenvalue weighted by atomic mass is 9.84. The van der Waals surface area contributed by atoms with E-state index in [0.717, 1.165) is 29.7 Å². The lowest BCUT2D eigenvalue weighted by Gasteiger charge is -2.35. The van der Waals surface area contributed by atoms with Gasteiger partial charge in [-0.05, 0) is 53.7 Å². The van der Waals surface area contributed by atoms with Crippen LogP contribution in [0.3, 0.4) is 0 Å². The third-order valence-electron chi connectivity index (χ3n) is 9.65. The van der Waals surface area contributed by atoms with Crippen molar-refractivity contribution >= 4 is 29.2 Å². The SMILES string of the molecule is CCC[C@H](CC(=O)[C@@H]1CC2(CC(c3ccccc3)=NO2)CN1C(=O)[C@@H](NC(=O)NCc1cccnc1)C(C)(C)C)C(O)C(=O)CC1CC1. The third kappa shape index (κ3) is 8.66. The second-order valence-electron chi connectivity index (χ2n) is 14.8. The summed E-state index contributed by atoms with van der Waals surface area (Å²) in [5.41, 5.74) is 0.825. The van der Waals surface area contributed by atoms with Gasteiger partial charge in [-0.2, -0.15) is 0 Å². The maximum absolute atomic E-state index is 14.5. The summed E-state index contributed by atoms with van der Waals surface area (Å²) >= 11 is 0. The molecule has 3 amide bonds. The fourth-order valence-electron chi connectivity index (χ4n) is 6.78. The number of pyridine rings is 1. The van der Waals surface area contributed by atoms with Crippen molar-refractivity contribution < 1.29 is 29.1 Å². The molecular weight excluding hydrogens is 610 g/mol.